The number of rotatable bonds is 2. The highest BCUT2D eigenvalue weighted by molar-refractivity contribution is 5.52. The molecule has 0 amide bonds. The molecule has 0 saturated heterocycles. The summed E-state index contributed by atoms with van der Waals surface area (Å²) in [4.78, 5) is 0. The molecule has 2 aromatic carbocycles. The van der Waals surface area contributed by atoms with Crippen LogP contribution in [0.4, 0.5) is 14.5 Å². The van der Waals surface area contributed by atoms with E-state index in [-0.39, 0.29) is 17.4 Å². The average Bonchev–Trinajstić information content (AvgIpc) is 2.86. The van der Waals surface area contributed by atoms with Crippen LogP contribution in [0.2, 0.25) is 0 Å². The summed E-state index contributed by atoms with van der Waals surface area (Å²) in [6.45, 7) is 0. The highest BCUT2D eigenvalue weighted by Crippen LogP contribution is 2.35. The zero-order chi connectivity index (χ0) is 14.1. The molecule has 1 atom stereocenters. The van der Waals surface area contributed by atoms with Crippen LogP contribution in [0.5, 0.6) is 0 Å². The molecule has 1 unspecified atom stereocenters. The lowest BCUT2D eigenvalue weighted by Crippen LogP contribution is -2.07. The molecule has 0 saturated carbocycles. The Kier molecular flexibility index (Phi) is 3.11. The number of benzene rings is 2. The van der Waals surface area contributed by atoms with Crippen molar-refractivity contribution >= 4 is 5.69 Å². The van der Waals surface area contributed by atoms with Crippen molar-refractivity contribution in [3.8, 4) is 6.07 Å². The second kappa shape index (κ2) is 4.93. The number of hydrogen-bond donors (Lipinski definition) is 1. The van der Waals surface area contributed by atoms with Crippen molar-refractivity contribution in [3.63, 3.8) is 0 Å². The molecule has 0 spiro atoms. The first kappa shape index (κ1) is 12.6. The van der Waals surface area contributed by atoms with Crippen molar-refractivity contribution in [2.75, 3.05) is 5.32 Å². The molecule has 2 aromatic rings. The number of fused-ring (bicyclic) bond motifs is 1. The molecule has 2 nitrogen and oxygen atoms in total. The maximum absolute atomic E-state index is 13.7. The summed E-state index contributed by atoms with van der Waals surface area (Å²) in [6.07, 6.45) is 1.47. The van der Waals surface area contributed by atoms with Crippen LogP contribution in [-0.2, 0) is 6.42 Å². The molecule has 0 aromatic heterocycles. The summed E-state index contributed by atoms with van der Waals surface area (Å²) >= 11 is 0. The highest BCUT2D eigenvalue weighted by Gasteiger charge is 2.24. The third kappa shape index (κ3) is 2.12. The number of anilines is 1. The van der Waals surface area contributed by atoms with Crippen molar-refractivity contribution in [2.24, 2.45) is 0 Å². The summed E-state index contributed by atoms with van der Waals surface area (Å²) in [5, 5.41) is 12.1. The Labute approximate surface area is 115 Å². The molecule has 0 heterocycles. The van der Waals surface area contributed by atoms with Gasteiger partial charge in [-0.2, -0.15) is 5.26 Å². The van der Waals surface area contributed by atoms with E-state index in [1.165, 1.54) is 18.2 Å². The summed E-state index contributed by atoms with van der Waals surface area (Å²) in [6, 6.07) is 11.2. The van der Waals surface area contributed by atoms with Crippen molar-refractivity contribution in [1.29, 1.82) is 5.26 Å². The number of hydrogen-bond acceptors (Lipinski definition) is 2. The normalized spacial score (nSPS) is 16.6. The minimum absolute atomic E-state index is 0.00213. The standard InChI is InChI=1S/C16H12F2N2/c17-14-6-4-11(8-10(14)9-19)20-16-7-5-12-13(16)2-1-3-15(12)18/h1-4,6,8,16,20H,5,7H2. The molecular weight excluding hydrogens is 258 g/mol. The van der Waals surface area contributed by atoms with Gasteiger partial charge in [0.2, 0.25) is 0 Å². The Hall–Kier alpha value is -2.41. The third-order valence-electron chi connectivity index (χ3n) is 3.64. The van der Waals surface area contributed by atoms with Crippen LogP contribution >= 0.6 is 0 Å². The number of halogens is 2. The fourth-order valence-corrected chi connectivity index (χ4v) is 2.66. The molecule has 1 aliphatic carbocycles. The minimum atomic E-state index is -0.532. The first-order valence-corrected chi connectivity index (χ1v) is 6.42. The Balaban J connectivity index is 1.88. The molecule has 0 bridgehead atoms. The van der Waals surface area contributed by atoms with Crippen LogP contribution in [0, 0.1) is 23.0 Å². The van der Waals surface area contributed by atoms with E-state index in [4.69, 9.17) is 5.26 Å². The van der Waals surface area contributed by atoms with Gasteiger partial charge >= 0.3 is 0 Å². The fraction of sp³-hybridized carbons (Fsp3) is 0.188. The van der Waals surface area contributed by atoms with E-state index in [2.05, 4.69) is 5.32 Å². The molecule has 0 fully saturated rings. The van der Waals surface area contributed by atoms with Gasteiger partial charge in [0, 0.05) is 5.69 Å². The van der Waals surface area contributed by atoms with Crippen LogP contribution in [0.15, 0.2) is 36.4 Å². The van der Waals surface area contributed by atoms with E-state index in [0.29, 0.717) is 12.1 Å². The van der Waals surface area contributed by atoms with Gasteiger partial charge in [0.1, 0.15) is 17.7 Å². The quantitative estimate of drug-likeness (QED) is 0.897. The predicted molar refractivity (Wildman–Crippen MR) is 72.2 cm³/mol. The van der Waals surface area contributed by atoms with Gasteiger partial charge in [-0.1, -0.05) is 12.1 Å². The van der Waals surface area contributed by atoms with Gasteiger partial charge < -0.3 is 5.32 Å². The smallest absolute Gasteiger partial charge is 0.141 e. The van der Waals surface area contributed by atoms with Crippen LogP contribution < -0.4 is 5.32 Å². The van der Waals surface area contributed by atoms with Crippen LogP contribution in [0.1, 0.15) is 29.2 Å². The van der Waals surface area contributed by atoms with Gasteiger partial charge in [-0.15, -0.1) is 0 Å². The van der Waals surface area contributed by atoms with Gasteiger partial charge in [-0.25, -0.2) is 8.78 Å². The summed E-state index contributed by atoms with van der Waals surface area (Å²) < 4.78 is 26.9. The van der Waals surface area contributed by atoms with Gasteiger partial charge in [-0.3, -0.25) is 0 Å². The van der Waals surface area contributed by atoms with Crippen LogP contribution in [0.3, 0.4) is 0 Å². The molecular formula is C16H12F2N2. The molecule has 4 heteroatoms. The van der Waals surface area contributed by atoms with E-state index in [0.717, 1.165) is 17.5 Å². The largest absolute Gasteiger partial charge is 0.378 e. The average molecular weight is 270 g/mol. The van der Waals surface area contributed by atoms with Gasteiger partial charge in [-0.05, 0) is 48.2 Å². The molecule has 0 radical (unpaired) electrons. The maximum atomic E-state index is 13.7. The van der Waals surface area contributed by atoms with Gasteiger partial charge in [0.25, 0.3) is 0 Å². The van der Waals surface area contributed by atoms with Crippen LogP contribution in [0.25, 0.3) is 0 Å². The highest BCUT2D eigenvalue weighted by atomic mass is 19.1. The summed E-state index contributed by atoms with van der Waals surface area (Å²) in [7, 11) is 0. The van der Waals surface area contributed by atoms with Crippen molar-refractivity contribution in [3.05, 3.63) is 64.7 Å². The molecule has 3 rings (SSSR count). The van der Waals surface area contributed by atoms with Crippen molar-refractivity contribution in [2.45, 2.75) is 18.9 Å². The molecule has 0 aliphatic heterocycles. The third-order valence-corrected chi connectivity index (χ3v) is 3.64. The lowest BCUT2D eigenvalue weighted by molar-refractivity contribution is 0.612. The Bertz CT molecular complexity index is 704. The zero-order valence-corrected chi connectivity index (χ0v) is 10.7. The number of nitriles is 1. The lowest BCUT2D eigenvalue weighted by atomic mass is 10.1. The van der Waals surface area contributed by atoms with E-state index in [9.17, 15) is 8.78 Å². The zero-order valence-electron chi connectivity index (χ0n) is 10.7. The van der Waals surface area contributed by atoms with E-state index < -0.39 is 5.82 Å². The Morgan fingerprint density at radius 2 is 2.00 bits per heavy atom. The second-order valence-corrected chi connectivity index (χ2v) is 4.85. The fourth-order valence-electron chi connectivity index (χ4n) is 2.66. The van der Waals surface area contributed by atoms with Crippen molar-refractivity contribution in [1.82, 2.24) is 0 Å². The number of nitrogens with one attached hydrogen (secondary N) is 1. The topological polar surface area (TPSA) is 35.8 Å². The summed E-state index contributed by atoms with van der Waals surface area (Å²) in [5.41, 5.74) is 2.36. The molecule has 100 valence electrons. The first-order chi connectivity index (χ1) is 9.69. The van der Waals surface area contributed by atoms with Gasteiger partial charge in [0.05, 0.1) is 11.6 Å². The Morgan fingerprint density at radius 3 is 2.80 bits per heavy atom. The van der Waals surface area contributed by atoms with E-state index in [1.807, 2.05) is 12.1 Å². The van der Waals surface area contributed by atoms with E-state index >= 15 is 0 Å². The predicted octanol–water partition coefficient (Wildman–Crippen LogP) is 3.94. The first-order valence-electron chi connectivity index (χ1n) is 6.42. The number of nitrogens with zero attached hydrogens (tertiary/aromatic N) is 1. The monoisotopic (exact) mass is 270 g/mol. The molecule has 1 aliphatic rings. The lowest BCUT2D eigenvalue weighted by Gasteiger charge is -2.16. The molecule has 1 N–H and O–H groups in total. The SMILES string of the molecule is N#Cc1cc(NC2CCc3c(F)cccc32)ccc1F. The summed E-state index contributed by atoms with van der Waals surface area (Å²) in [5.74, 6) is -0.709. The van der Waals surface area contributed by atoms with Crippen molar-refractivity contribution < 1.29 is 8.78 Å². The van der Waals surface area contributed by atoms with E-state index in [1.54, 1.807) is 12.1 Å². The minimum Gasteiger partial charge on any atom is -0.378 e. The van der Waals surface area contributed by atoms with Crippen LogP contribution in [-0.4, -0.2) is 0 Å². The Morgan fingerprint density at radius 1 is 1.15 bits per heavy atom. The maximum Gasteiger partial charge on any atom is 0.141 e. The molecule has 20 heavy (non-hydrogen) atoms. The second-order valence-electron chi connectivity index (χ2n) is 4.85. The van der Waals surface area contributed by atoms with Gasteiger partial charge in [0.15, 0.2) is 0 Å².